The Labute approximate surface area is 110 Å². The topological polar surface area (TPSA) is 64.3 Å². The molecule has 104 valence electrons. The summed E-state index contributed by atoms with van der Waals surface area (Å²) in [6.45, 7) is 0.683. The van der Waals surface area contributed by atoms with Gasteiger partial charge < -0.3 is 15.8 Å². The normalized spacial score (nSPS) is 30.6. The van der Waals surface area contributed by atoms with Crippen molar-refractivity contribution in [3.05, 3.63) is 0 Å². The van der Waals surface area contributed by atoms with Crippen molar-refractivity contribution in [1.82, 2.24) is 5.32 Å². The molecule has 18 heavy (non-hydrogen) atoms. The second kappa shape index (κ2) is 6.02. The van der Waals surface area contributed by atoms with Crippen LogP contribution in [0.25, 0.3) is 0 Å². The average Bonchev–Trinajstić information content (AvgIpc) is 2.31. The van der Waals surface area contributed by atoms with Crippen molar-refractivity contribution in [3.8, 4) is 0 Å². The van der Waals surface area contributed by atoms with Crippen molar-refractivity contribution in [2.75, 3.05) is 13.7 Å². The van der Waals surface area contributed by atoms with Crippen molar-refractivity contribution in [2.24, 2.45) is 11.1 Å². The second-order valence-corrected chi connectivity index (χ2v) is 5.96. The molecule has 4 nitrogen and oxygen atoms in total. The summed E-state index contributed by atoms with van der Waals surface area (Å²) in [5, 5.41) is 3.24. The molecule has 2 saturated carbocycles. The first kappa shape index (κ1) is 13.8. The molecule has 0 aromatic rings. The van der Waals surface area contributed by atoms with E-state index in [1.807, 2.05) is 0 Å². The van der Waals surface area contributed by atoms with E-state index in [2.05, 4.69) is 5.32 Å². The summed E-state index contributed by atoms with van der Waals surface area (Å²) in [6.07, 6.45) is 8.23. The maximum Gasteiger partial charge on any atom is 0.226 e. The summed E-state index contributed by atoms with van der Waals surface area (Å²) < 4.78 is 5.13. The van der Waals surface area contributed by atoms with Crippen LogP contribution in [0.1, 0.15) is 51.4 Å². The van der Waals surface area contributed by atoms with Crippen molar-refractivity contribution in [2.45, 2.75) is 63.5 Å². The minimum absolute atomic E-state index is 0.129. The van der Waals surface area contributed by atoms with Crippen molar-refractivity contribution in [3.63, 3.8) is 0 Å². The highest BCUT2D eigenvalue weighted by Crippen LogP contribution is 2.44. The molecule has 0 atom stereocenters. The second-order valence-electron chi connectivity index (χ2n) is 5.96. The molecule has 0 heterocycles. The lowest BCUT2D eigenvalue weighted by Crippen LogP contribution is -2.50. The number of hydrogen-bond acceptors (Lipinski definition) is 3. The summed E-state index contributed by atoms with van der Waals surface area (Å²) in [5.74, 6) is 0.256. The van der Waals surface area contributed by atoms with Gasteiger partial charge in [0, 0.05) is 25.8 Å². The summed E-state index contributed by atoms with van der Waals surface area (Å²) in [7, 11) is 1.70. The Balaban J connectivity index is 1.82. The van der Waals surface area contributed by atoms with E-state index in [0.717, 1.165) is 44.9 Å². The minimum Gasteiger partial charge on any atom is -0.385 e. The average molecular weight is 254 g/mol. The standard InChI is InChI=1S/C14H26N2O2/c1-18-10-9-14(7-2-8-14)13(17)16-12-5-3-11(15)4-6-12/h11-12H,2-10,15H2,1H3,(H,16,17). The first-order valence-corrected chi connectivity index (χ1v) is 7.22. The third-order valence-corrected chi connectivity index (χ3v) is 4.68. The van der Waals surface area contributed by atoms with Crippen LogP contribution in [0.3, 0.4) is 0 Å². The monoisotopic (exact) mass is 254 g/mol. The molecule has 0 saturated heterocycles. The van der Waals surface area contributed by atoms with Gasteiger partial charge in [0.1, 0.15) is 0 Å². The van der Waals surface area contributed by atoms with Gasteiger partial charge in [-0.2, -0.15) is 0 Å². The fraction of sp³-hybridized carbons (Fsp3) is 0.929. The molecule has 0 radical (unpaired) electrons. The van der Waals surface area contributed by atoms with Crippen LogP contribution in [-0.2, 0) is 9.53 Å². The number of hydrogen-bond donors (Lipinski definition) is 2. The maximum atomic E-state index is 12.4. The molecule has 0 bridgehead atoms. The molecule has 2 aliphatic carbocycles. The van der Waals surface area contributed by atoms with E-state index >= 15 is 0 Å². The Kier molecular flexibility index (Phi) is 4.62. The number of nitrogens with one attached hydrogen (secondary N) is 1. The van der Waals surface area contributed by atoms with Crippen molar-refractivity contribution >= 4 is 5.91 Å². The number of nitrogens with two attached hydrogens (primary N) is 1. The van der Waals surface area contributed by atoms with Gasteiger partial charge in [-0.15, -0.1) is 0 Å². The lowest BCUT2D eigenvalue weighted by molar-refractivity contribution is -0.138. The molecule has 4 heteroatoms. The van der Waals surface area contributed by atoms with Crippen LogP contribution in [0, 0.1) is 5.41 Å². The van der Waals surface area contributed by atoms with Crippen LogP contribution in [0.4, 0.5) is 0 Å². The van der Waals surface area contributed by atoms with E-state index in [0.29, 0.717) is 18.7 Å². The fourth-order valence-corrected chi connectivity index (χ4v) is 3.09. The molecule has 2 fully saturated rings. The van der Waals surface area contributed by atoms with Crippen LogP contribution in [-0.4, -0.2) is 31.7 Å². The highest BCUT2D eigenvalue weighted by Gasteiger charge is 2.44. The lowest BCUT2D eigenvalue weighted by atomic mass is 9.66. The van der Waals surface area contributed by atoms with Crippen LogP contribution in [0.2, 0.25) is 0 Å². The van der Waals surface area contributed by atoms with E-state index in [1.54, 1.807) is 7.11 Å². The van der Waals surface area contributed by atoms with Crippen molar-refractivity contribution < 1.29 is 9.53 Å². The van der Waals surface area contributed by atoms with Gasteiger partial charge in [0.05, 0.1) is 5.41 Å². The van der Waals surface area contributed by atoms with E-state index in [4.69, 9.17) is 10.5 Å². The van der Waals surface area contributed by atoms with Crippen LogP contribution < -0.4 is 11.1 Å². The number of ether oxygens (including phenoxy) is 1. The SMILES string of the molecule is COCCC1(C(=O)NC2CCC(N)CC2)CCC1. The van der Waals surface area contributed by atoms with E-state index < -0.39 is 0 Å². The lowest BCUT2D eigenvalue weighted by Gasteiger charge is -2.41. The first-order valence-electron chi connectivity index (χ1n) is 7.22. The Morgan fingerprint density at radius 2 is 2.00 bits per heavy atom. The molecule has 0 aromatic carbocycles. The summed E-state index contributed by atoms with van der Waals surface area (Å²) >= 11 is 0. The Morgan fingerprint density at radius 1 is 1.33 bits per heavy atom. The van der Waals surface area contributed by atoms with Gasteiger partial charge in [0.15, 0.2) is 0 Å². The molecule has 2 rings (SSSR count). The molecule has 0 spiro atoms. The molecular formula is C14H26N2O2. The summed E-state index contributed by atoms with van der Waals surface area (Å²) in [4.78, 5) is 12.4. The van der Waals surface area contributed by atoms with Gasteiger partial charge in [-0.05, 0) is 44.9 Å². The minimum atomic E-state index is -0.129. The van der Waals surface area contributed by atoms with Gasteiger partial charge in [-0.1, -0.05) is 6.42 Å². The van der Waals surface area contributed by atoms with E-state index in [1.165, 1.54) is 6.42 Å². The van der Waals surface area contributed by atoms with Gasteiger partial charge in [0.2, 0.25) is 5.91 Å². The van der Waals surface area contributed by atoms with Crippen LogP contribution >= 0.6 is 0 Å². The largest absolute Gasteiger partial charge is 0.385 e. The molecule has 1 amide bonds. The summed E-state index contributed by atoms with van der Waals surface area (Å²) in [6, 6.07) is 0.682. The highest BCUT2D eigenvalue weighted by molar-refractivity contribution is 5.83. The smallest absolute Gasteiger partial charge is 0.226 e. The number of rotatable bonds is 5. The van der Waals surface area contributed by atoms with Gasteiger partial charge in [-0.25, -0.2) is 0 Å². The first-order chi connectivity index (χ1) is 8.66. The number of carbonyl (C=O) groups is 1. The molecule has 2 aliphatic rings. The number of methoxy groups -OCH3 is 1. The zero-order valence-electron chi connectivity index (χ0n) is 11.4. The van der Waals surface area contributed by atoms with E-state index in [9.17, 15) is 4.79 Å². The zero-order chi connectivity index (χ0) is 13.0. The van der Waals surface area contributed by atoms with Crippen LogP contribution in [0.15, 0.2) is 0 Å². The fourth-order valence-electron chi connectivity index (χ4n) is 3.09. The molecule has 0 aromatic heterocycles. The Hall–Kier alpha value is -0.610. The summed E-state index contributed by atoms with van der Waals surface area (Å²) in [5.41, 5.74) is 5.76. The zero-order valence-corrected chi connectivity index (χ0v) is 11.4. The van der Waals surface area contributed by atoms with Crippen LogP contribution in [0.5, 0.6) is 0 Å². The predicted octanol–water partition coefficient (Wildman–Crippen LogP) is 1.58. The third kappa shape index (κ3) is 3.04. The van der Waals surface area contributed by atoms with E-state index in [-0.39, 0.29) is 11.3 Å². The molecular weight excluding hydrogens is 228 g/mol. The molecule has 0 unspecified atom stereocenters. The Morgan fingerprint density at radius 3 is 2.50 bits per heavy atom. The number of amides is 1. The third-order valence-electron chi connectivity index (χ3n) is 4.68. The predicted molar refractivity (Wildman–Crippen MR) is 71.2 cm³/mol. The maximum absolute atomic E-state index is 12.4. The van der Waals surface area contributed by atoms with Gasteiger partial charge in [-0.3, -0.25) is 4.79 Å². The Bertz CT molecular complexity index is 282. The number of carbonyl (C=O) groups excluding carboxylic acids is 1. The molecule has 0 aliphatic heterocycles. The molecule has 3 N–H and O–H groups in total. The van der Waals surface area contributed by atoms with Crippen molar-refractivity contribution in [1.29, 1.82) is 0 Å². The van der Waals surface area contributed by atoms with Gasteiger partial charge in [0.25, 0.3) is 0 Å². The highest BCUT2D eigenvalue weighted by atomic mass is 16.5. The quantitative estimate of drug-likeness (QED) is 0.783. The van der Waals surface area contributed by atoms with Gasteiger partial charge >= 0.3 is 0 Å².